The average Bonchev–Trinajstić information content (AvgIpc) is 2.78. The third kappa shape index (κ3) is 2.75. The first-order valence-corrected chi connectivity index (χ1v) is 10.4. The van der Waals surface area contributed by atoms with E-state index in [0.717, 1.165) is 31.5 Å². The monoisotopic (exact) mass is 356 g/mol. The minimum absolute atomic E-state index is 0.364. The van der Waals surface area contributed by atoms with Crippen LogP contribution in [0.2, 0.25) is 0 Å². The van der Waals surface area contributed by atoms with Gasteiger partial charge in [0.2, 0.25) is 9.84 Å². The van der Waals surface area contributed by atoms with Crippen molar-refractivity contribution in [2.75, 3.05) is 25.0 Å². The van der Waals surface area contributed by atoms with E-state index in [1.165, 1.54) is 11.3 Å². The molecule has 0 aliphatic carbocycles. The van der Waals surface area contributed by atoms with Gasteiger partial charge in [0.25, 0.3) is 0 Å². The van der Waals surface area contributed by atoms with Crippen LogP contribution in [0.25, 0.3) is 0 Å². The molecule has 1 saturated heterocycles. The van der Waals surface area contributed by atoms with Crippen molar-refractivity contribution in [3.63, 3.8) is 0 Å². The average molecular weight is 356 g/mol. The molecule has 25 heavy (non-hydrogen) atoms. The van der Waals surface area contributed by atoms with Crippen LogP contribution >= 0.6 is 0 Å². The van der Waals surface area contributed by atoms with Crippen LogP contribution in [0.15, 0.2) is 52.3 Å². The van der Waals surface area contributed by atoms with Crippen molar-refractivity contribution in [3.8, 4) is 0 Å². The van der Waals surface area contributed by atoms with Gasteiger partial charge in [0.15, 0.2) is 0 Å². The zero-order chi connectivity index (χ0) is 17.6. The molecule has 0 bridgehead atoms. The number of nitrogens with zero attached hydrogens (tertiary/aromatic N) is 1. The van der Waals surface area contributed by atoms with Gasteiger partial charge in [-0.05, 0) is 68.8 Å². The molecule has 2 aliphatic heterocycles. The molecule has 5 heteroatoms. The second-order valence-electron chi connectivity index (χ2n) is 7.15. The van der Waals surface area contributed by atoms with E-state index >= 15 is 0 Å². The highest BCUT2D eigenvalue weighted by molar-refractivity contribution is 7.91. The molecular weight excluding hydrogens is 332 g/mol. The molecule has 132 valence electrons. The smallest absolute Gasteiger partial charge is 0.206 e. The Bertz CT molecular complexity index is 890. The molecule has 0 aromatic heterocycles. The van der Waals surface area contributed by atoms with Gasteiger partial charge in [-0.2, -0.15) is 0 Å². The van der Waals surface area contributed by atoms with E-state index in [1.54, 1.807) is 18.2 Å². The maximum Gasteiger partial charge on any atom is 0.206 e. The summed E-state index contributed by atoms with van der Waals surface area (Å²) in [6, 6.07) is 13.2. The van der Waals surface area contributed by atoms with E-state index in [1.807, 2.05) is 31.2 Å². The molecular formula is C20H24N2O2S. The molecule has 2 aromatic rings. The summed E-state index contributed by atoms with van der Waals surface area (Å²) in [6.07, 6.45) is 2.14. The summed E-state index contributed by atoms with van der Waals surface area (Å²) >= 11 is 0. The van der Waals surface area contributed by atoms with Crippen LogP contribution in [0.5, 0.6) is 0 Å². The molecule has 0 saturated carbocycles. The third-order valence-electron chi connectivity index (χ3n) is 5.63. The molecule has 4 rings (SSSR count). The Balaban J connectivity index is 1.77. The second-order valence-corrected chi connectivity index (χ2v) is 9.10. The number of rotatable bonds is 2. The maximum atomic E-state index is 13.0. The highest BCUT2D eigenvalue weighted by Gasteiger charge is 2.37. The van der Waals surface area contributed by atoms with Crippen LogP contribution in [-0.2, 0) is 9.84 Å². The lowest BCUT2D eigenvalue weighted by Crippen LogP contribution is -2.30. The minimum atomic E-state index is -3.48. The summed E-state index contributed by atoms with van der Waals surface area (Å²) in [5, 5.41) is 3.46. The van der Waals surface area contributed by atoms with Gasteiger partial charge in [-0.3, -0.25) is 0 Å². The SMILES string of the molecule is Cc1ccc(S(=O)(=O)c2ccc3c(c2)[C@@H]2CCNCC[C@@H]2N3C)cc1. The topological polar surface area (TPSA) is 49.4 Å². The van der Waals surface area contributed by atoms with E-state index in [-0.39, 0.29) is 0 Å². The zero-order valence-electron chi connectivity index (χ0n) is 14.7. The molecule has 1 N–H and O–H groups in total. The number of benzene rings is 2. The first-order valence-electron chi connectivity index (χ1n) is 8.88. The molecule has 2 aliphatic rings. The maximum absolute atomic E-state index is 13.0. The van der Waals surface area contributed by atoms with E-state index in [2.05, 4.69) is 17.3 Å². The number of hydrogen-bond donors (Lipinski definition) is 1. The van der Waals surface area contributed by atoms with Crippen LogP contribution in [-0.4, -0.2) is 34.6 Å². The van der Waals surface area contributed by atoms with Gasteiger partial charge in [-0.1, -0.05) is 17.7 Å². The predicted octanol–water partition coefficient (Wildman–Crippen LogP) is 3.11. The number of aryl methyl sites for hydroxylation is 1. The molecule has 0 unspecified atom stereocenters. The minimum Gasteiger partial charge on any atom is -0.371 e. The predicted molar refractivity (Wildman–Crippen MR) is 100 cm³/mol. The van der Waals surface area contributed by atoms with Crippen LogP contribution in [0, 0.1) is 6.92 Å². The van der Waals surface area contributed by atoms with Crippen molar-refractivity contribution < 1.29 is 8.42 Å². The fourth-order valence-corrected chi connectivity index (χ4v) is 5.50. The molecule has 0 radical (unpaired) electrons. The number of likely N-dealkylation sites (N-methyl/N-ethyl adjacent to an activating group) is 1. The number of fused-ring (bicyclic) bond motifs is 3. The van der Waals surface area contributed by atoms with Gasteiger partial charge in [0, 0.05) is 24.7 Å². The summed E-state index contributed by atoms with van der Waals surface area (Å²) in [4.78, 5) is 3.10. The molecule has 0 amide bonds. The normalized spacial score (nSPS) is 23.0. The number of hydrogen-bond acceptors (Lipinski definition) is 4. The van der Waals surface area contributed by atoms with Crippen LogP contribution < -0.4 is 10.2 Å². The van der Waals surface area contributed by atoms with Crippen LogP contribution in [0.4, 0.5) is 5.69 Å². The van der Waals surface area contributed by atoms with Crippen LogP contribution in [0.3, 0.4) is 0 Å². The third-order valence-corrected chi connectivity index (χ3v) is 7.40. The van der Waals surface area contributed by atoms with E-state index < -0.39 is 9.84 Å². The van der Waals surface area contributed by atoms with Gasteiger partial charge >= 0.3 is 0 Å². The van der Waals surface area contributed by atoms with Crippen molar-refractivity contribution in [1.82, 2.24) is 5.32 Å². The fraction of sp³-hybridized carbons (Fsp3) is 0.400. The number of sulfone groups is 1. The van der Waals surface area contributed by atoms with E-state index in [0.29, 0.717) is 21.8 Å². The molecule has 2 heterocycles. The Morgan fingerprint density at radius 2 is 1.68 bits per heavy atom. The quantitative estimate of drug-likeness (QED) is 0.898. The lowest BCUT2D eigenvalue weighted by molar-refractivity contribution is 0.531. The van der Waals surface area contributed by atoms with Gasteiger partial charge in [0.1, 0.15) is 0 Å². The van der Waals surface area contributed by atoms with Gasteiger partial charge in [-0.15, -0.1) is 0 Å². The number of nitrogens with one attached hydrogen (secondary N) is 1. The van der Waals surface area contributed by atoms with Crippen molar-refractivity contribution in [3.05, 3.63) is 53.6 Å². The van der Waals surface area contributed by atoms with Gasteiger partial charge < -0.3 is 10.2 Å². The summed E-state index contributed by atoms with van der Waals surface area (Å²) in [5.74, 6) is 0.406. The van der Waals surface area contributed by atoms with Crippen molar-refractivity contribution in [1.29, 1.82) is 0 Å². The summed E-state index contributed by atoms with van der Waals surface area (Å²) in [7, 11) is -1.35. The summed E-state index contributed by atoms with van der Waals surface area (Å²) in [5.41, 5.74) is 3.42. The first kappa shape index (κ1) is 16.6. The lowest BCUT2D eigenvalue weighted by atomic mass is 9.91. The van der Waals surface area contributed by atoms with Crippen molar-refractivity contribution in [2.24, 2.45) is 0 Å². The van der Waals surface area contributed by atoms with Crippen molar-refractivity contribution in [2.45, 2.75) is 41.5 Å². The van der Waals surface area contributed by atoms with E-state index in [9.17, 15) is 8.42 Å². The highest BCUT2D eigenvalue weighted by Crippen LogP contribution is 2.44. The lowest BCUT2D eigenvalue weighted by Gasteiger charge is -2.24. The molecule has 2 atom stereocenters. The Kier molecular flexibility index (Phi) is 4.08. The molecule has 4 nitrogen and oxygen atoms in total. The first-order chi connectivity index (χ1) is 12.0. The standard InChI is InChI=1S/C20H24N2O2S/c1-14-3-5-15(6-4-14)25(23,24)16-7-8-19-18(13-16)17-9-11-21-12-10-20(17)22(19)2/h3-8,13,17,20-21H,9-12H2,1-2H3/t17-,20-/m0/s1. The Morgan fingerprint density at radius 1 is 1.00 bits per heavy atom. The molecule has 0 spiro atoms. The Morgan fingerprint density at radius 3 is 2.44 bits per heavy atom. The highest BCUT2D eigenvalue weighted by atomic mass is 32.2. The number of anilines is 1. The fourth-order valence-electron chi connectivity index (χ4n) is 4.20. The second kappa shape index (κ2) is 6.15. The van der Waals surface area contributed by atoms with Gasteiger partial charge in [-0.25, -0.2) is 8.42 Å². The van der Waals surface area contributed by atoms with E-state index in [4.69, 9.17) is 0 Å². The van der Waals surface area contributed by atoms with Crippen molar-refractivity contribution >= 4 is 15.5 Å². The summed E-state index contributed by atoms with van der Waals surface area (Å²) in [6.45, 7) is 3.97. The largest absolute Gasteiger partial charge is 0.371 e. The Hall–Kier alpha value is -1.85. The molecule has 2 aromatic carbocycles. The molecule has 1 fully saturated rings. The zero-order valence-corrected chi connectivity index (χ0v) is 15.5. The van der Waals surface area contributed by atoms with Crippen LogP contribution in [0.1, 0.15) is 29.9 Å². The Labute approximate surface area is 149 Å². The summed E-state index contributed by atoms with van der Waals surface area (Å²) < 4.78 is 26.1. The van der Waals surface area contributed by atoms with Gasteiger partial charge in [0.05, 0.1) is 9.79 Å².